The van der Waals surface area contributed by atoms with Crippen molar-refractivity contribution in [3.05, 3.63) is 35.4 Å². The average Bonchev–Trinajstić information content (AvgIpc) is 2.94. The summed E-state index contributed by atoms with van der Waals surface area (Å²) in [4.78, 5) is 12.7. The minimum absolute atomic E-state index is 0. The molecule has 0 aliphatic heterocycles. The molecular weight excluding hydrogens is 467 g/mol. The molecule has 1 unspecified atom stereocenters. The van der Waals surface area contributed by atoms with Gasteiger partial charge in [-0.05, 0) is 78.0 Å². The van der Waals surface area contributed by atoms with Crippen LogP contribution in [-0.4, -0.2) is 27.1 Å². The summed E-state index contributed by atoms with van der Waals surface area (Å²) in [5.41, 5.74) is 2.00. The zero-order chi connectivity index (χ0) is 23.7. The smallest absolute Gasteiger partial charge is 0.716 e. The molecule has 6 nitrogen and oxygen atoms in total. The second-order valence-corrected chi connectivity index (χ2v) is 16.6. The Balaban J connectivity index is 0.00000306. The number of Topliss-reactive ketones (excluding diaryl/α,β-unsaturated/α-hetero) is 1. The molecule has 1 fully saturated rings. The maximum atomic E-state index is 12.7. The summed E-state index contributed by atoms with van der Waals surface area (Å²) in [5.74, 6) is 1.14. The van der Waals surface area contributed by atoms with Crippen molar-refractivity contribution in [1.29, 1.82) is 0 Å². The van der Waals surface area contributed by atoms with E-state index in [4.69, 9.17) is 4.43 Å². The molecule has 9 heteroatoms. The van der Waals surface area contributed by atoms with Gasteiger partial charge in [-0.1, -0.05) is 33.8 Å². The molecule has 2 aromatic rings. The van der Waals surface area contributed by atoms with Crippen molar-refractivity contribution < 1.29 is 55.9 Å². The van der Waals surface area contributed by atoms with Crippen LogP contribution in [0.2, 0.25) is 18.1 Å². The molecule has 0 aromatic heterocycles. The predicted octanol–water partition coefficient (Wildman–Crippen LogP) is 2.47. The summed E-state index contributed by atoms with van der Waals surface area (Å²) in [6.45, 7) is 12.9. The van der Waals surface area contributed by atoms with Gasteiger partial charge in [0.15, 0.2) is 0 Å². The van der Waals surface area contributed by atoms with Crippen molar-refractivity contribution in [3.8, 4) is 11.5 Å². The minimum Gasteiger partial charge on any atom is -0.716 e. The topological polar surface area (TPSA) is 92.7 Å². The molecule has 4 rings (SSSR count). The van der Waals surface area contributed by atoms with Gasteiger partial charge in [-0.15, -0.1) is 0 Å². The van der Waals surface area contributed by atoms with Gasteiger partial charge in [0.25, 0.3) is 18.7 Å². The molecule has 2 aliphatic carbocycles. The number of aryl methyl sites for hydroxylation is 1. The zero-order valence-corrected chi connectivity index (χ0v) is 24.4. The van der Waals surface area contributed by atoms with Crippen LogP contribution in [0.3, 0.4) is 0 Å². The number of hydrogen-bond acceptors (Lipinski definition) is 6. The molecule has 1 saturated carbocycles. The largest absolute Gasteiger partial charge is 1.00 e. The van der Waals surface area contributed by atoms with Crippen LogP contribution in [0, 0.1) is 5.41 Å². The van der Waals surface area contributed by atoms with Crippen molar-refractivity contribution in [1.82, 2.24) is 0 Å². The number of hydrogen-bond donors (Lipinski definition) is 0. The van der Waals surface area contributed by atoms with Gasteiger partial charge >= 0.3 is 29.6 Å². The molecule has 174 valence electrons. The van der Waals surface area contributed by atoms with Crippen molar-refractivity contribution >= 4 is 35.3 Å². The van der Waals surface area contributed by atoms with Crippen molar-refractivity contribution in [3.63, 3.8) is 0 Å². The van der Waals surface area contributed by atoms with E-state index in [0.717, 1.165) is 35.6 Å². The first-order chi connectivity index (χ1) is 14.6. The van der Waals surface area contributed by atoms with Crippen LogP contribution in [0.1, 0.15) is 64.0 Å². The molecule has 2 atom stereocenters. The summed E-state index contributed by atoms with van der Waals surface area (Å²) in [6, 6.07) is 6.98. The number of benzene rings is 2. The van der Waals surface area contributed by atoms with E-state index < -0.39 is 18.7 Å². The molecule has 0 radical (unpaired) electrons. The first-order valence-corrected chi connectivity index (χ1v) is 15.3. The summed E-state index contributed by atoms with van der Waals surface area (Å²) in [5, 5.41) is 1.66. The standard InChI is InChI=1S/C24H32O6SSi.Na/c1-23(2,3)32(5,6)30-21-14-18-17(11-12-24(4)20(18)9-10-22(24)25)16-8-7-15(13-19(16)21)29-31(26,27)28;/h7-8,13-14,20H,9-12H2,1-6H3,(H,26,27,28);/q;+1/p-1/t20-,24?;/m0./s1. The Kier molecular flexibility index (Phi) is 6.99. The van der Waals surface area contributed by atoms with Crippen molar-refractivity contribution in [2.24, 2.45) is 5.41 Å². The van der Waals surface area contributed by atoms with E-state index in [2.05, 4.69) is 51.0 Å². The van der Waals surface area contributed by atoms with Crippen LogP contribution in [0.15, 0.2) is 24.3 Å². The van der Waals surface area contributed by atoms with Crippen LogP contribution < -0.4 is 38.2 Å². The van der Waals surface area contributed by atoms with Gasteiger partial charge < -0.3 is 13.2 Å². The van der Waals surface area contributed by atoms with Gasteiger partial charge in [-0.2, -0.15) is 0 Å². The molecule has 0 saturated heterocycles. The predicted molar refractivity (Wildman–Crippen MR) is 126 cm³/mol. The van der Waals surface area contributed by atoms with Crippen molar-refractivity contribution in [2.75, 3.05) is 0 Å². The van der Waals surface area contributed by atoms with E-state index in [0.29, 0.717) is 18.0 Å². The monoisotopic (exact) mass is 498 g/mol. The van der Waals surface area contributed by atoms with E-state index >= 15 is 0 Å². The summed E-state index contributed by atoms with van der Waals surface area (Å²) in [6.07, 6.45) is 3.01. The molecular formula is C24H31NaO6SSi. The second kappa shape index (κ2) is 8.64. The number of ketones is 1. The van der Waals surface area contributed by atoms with E-state index in [-0.39, 0.29) is 51.7 Å². The SMILES string of the molecule is CC12CCc3c(cc(O[Si](C)(C)C(C)(C)C)c4cc(OS(=O)(=O)[O-])ccc34)[C@@H]1CCC2=O.[Na+]. The third-order valence-electron chi connectivity index (χ3n) is 7.92. The molecule has 0 bridgehead atoms. The maximum Gasteiger partial charge on any atom is 1.00 e. The Morgan fingerprint density at radius 3 is 2.39 bits per heavy atom. The first-order valence-electron chi connectivity index (χ1n) is 11.1. The van der Waals surface area contributed by atoms with E-state index in [1.54, 1.807) is 6.07 Å². The Bertz CT molecular complexity index is 1220. The van der Waals surface area contributed by atoms with E-state index in [1.807, 2.05) is 6.07 Å². The molecule has 2 aromatic carbocycles. The number of fused-ring (bicyclic) bond motifs is 5. The summed E-state index contributed by atoms with van der Waals surface area (Å²) >= 11 is 0. The molecule has 0 N–H and O–H groups in total. The third kappa shape index (κ3) is 4.80. The van der Waals surface area contributed by atoms with E-state index in [1.165, 1.54) is 11.6 Å². The van der Waals surface area contributed by atoms with Gasteiger partial charge in [0, 0.05) is 17.2 Å². The van der Waals surface area contributed by atoms with Gasteiger partial charge in [-0.25, -0.2) is 8.42 Å². The summed E-state index contributed by atoms with van der Waals surface area (Å²) in [7, 11) is -7.11. The Labute approximate surface area is 219 Å². The first kappa shape index (κ1) is 26.7. The van der Waals surface area contributed by atoms with Gasteiger partial charge in [0.2, 0.25) is 0 Å². The third-order valence-corrected chi connectivity index (χ3v) is 12.7. The number of rotatable bonds is 4. The van der Waals surface area contributed by atoms with Gasteiger partial charge in [0.1, 0.15) is 17.3 Å². The Morgan fingerprint density at radius 1 is 1.12 bits per heavy atom. The number of carbonyl (C=O) groups excluding carboxylic acids is 1. The fourth-order valence-corrected chi connectivity index (χ4v) is 6.36. The van der Waals surface area contributed by atoms with Gasteiger partial charge in [-0.3, -0.25) is 4.79 Å². The quantitative estimate of drug-likeness (QED) is 0.365. The zero-order valence-electron chi connectivity index (χ0n) is 20.6. The van der Waals surface area contributed by atoms with Crippen LogP contribution in [0.4, 0.5) is 0 Å². The van der Waals surface area contributed by atoms with Crippen LogP contribution in [-0.2, 0) is 21.6 Å². The van der Waals surface area contributed by atoms with E-state index in [9.17, 15) is 17.8 Å². The number of carbonyl (C=O) groups is 1. The second-order valence-electron chi connectivity index (χ2n) is 10.9. The maximum absolute atomic E-state index is 12.7. The van der Waals surface area contributed by atoms with Crippen LogP contribution >= 0.6 is 0 Å². The Hall–Kier alpha value is -0.903. The van der Waals surface area contributed by atoms with Gasteiger partial charge in [0.05, 0.1) is 0 Å². The molecule has 33 heavy (non-hydrogen) atoms. The Morgan fingerprint density at radius 2 is 1.79 bits per heavy atom. The molecule has 0 amide bonds. The fraction of sp³-hybridized carbons (Fsp3) is 0.542. The minimum atomic E-state index is -4.88. The average molecular weight is 499 g/mol. The molecule has 0 heterocycles. The van der Waals surface area contributed by atoms with Crippen LogP contribution in [0.5, 0.6) is 11.5 Å². The normalized spacial score (nSPS) is 23.0. The van der Waals surface area contributed by atoms with Crippen LogP contribution in [0.25, 0.3) is 10.8 Å². The fourth-order valence-electron chi connectivity index (χ4n) is 4.99. The molecule has 2 aliphatic rings. The van der Waals surface area contributed by atoms with Crippen molar-refractivity contribution in [2.45, 2.75) is 77.4 Å². The molecule has 0 spiro atoms. The summed E-state index contributed by atoms with van der Waals surface area (Å²) < 4.78 is 44.9.